The first-order valence-electron chi connectivity index (χ1n) is 5.94. The van der Waals surface area contributed by atoms with Gasteiger partial charge in [0.05, 0.1) is 0 Å². The molecule has 0 aliphatic heterocycles. The van der Waals surface area contributed by atoms with Crippen molar-refractivity contribution in [3.63, 3.8) is 0 Å². The van der Waals surface area contributed by atoms with E-state index in [1.54, 1.807) is 0 Å². The van der Waals surface area contributed by atoms with E-state index < -0.39 is 0 Å². The molecule has 1 unspecified atom stereocenters. The molecule has 0 spiro atoms. The number of aliphatic hydroxyl groups excluding tert-OH is 1. The molecule has 1 fully saturated rings. The van der Waals surface area contributed by atoms with Crippen LogP contribution in [0.2, 0.25) is 0 Å². The van der Waals surface area contributed by atoms with E-state index in [1.165, 1.54) is 25.7 Å². The standard InChI is InChI=1S/C12H25NO/c1-4-13-12(9-10-14)8-6-5-7-11(12,2)3/h13-14H,4-10H2,1-3H3. The molecule has 0 heterocycles. The fourth-order valence-corrected chi connectivity index (χ4v) is 2.98. The molecule has 2 heteroatoms. The summed E-state index contributed by atoms with van der Waals surface area (Å²) in [5, 5.41) is 12.8. The summed E-state index contributed by atoms with van der Waals surface area (Å²) >= 11 is 0. The molecule has 0 aromatic carbocycles. The lowest BCUT2D eigenvalue weighted by Crippen LogP contribution is -2.58. The molecule has 1 aliphatic rings. The second-order valence-electron chi connectivity index (χ2n) is 5.18. The van der Waals surface area contributed by atoms with Crippen molar-refractivity contribution in [1.82, 2.24) is 5.32 Å². The van der Waals surface area contributed by atoms with Crippen molar-refractivity contribution in [1.29, 1.82) is 0 Å². The summed E-state index contributed by atoms with van der Waals surface area (Å²) in [5.41, 5.74) is 0.499. The molecule has 0 aromatic rings. The molecular formula is C12H25NO. The lowest BCUT2D eigenvalue weighted by Gasteiger charge is -2.51. The van der Waals surface area contributed by atoms with Crippen LogP contribution in [-0.2, 0) is 0 Å². The highest BCUT2D eigenvalue weighted by Crippen LogP contribution is 2.45. The molecule has 0 radical (unpaired) electrons. The highest BCUT2D eigenvalue weighted by atomic mass is 16.3. The summed E-state index contributed by atoms with van der Waals surface area (Å²) in [4.78, 5) is 0. The van der Waals surface area contributed by atoms with E-state index in [4.69, 9.17) is 0 Å². The van der Waals surface area contributed by atoms with Crippen molar-refractivity contribution in [2.45, 2.75) is 58.4 Å². The van der Waals surface area contributed by atoms with E-state index in [1.807, 2.05) is 0 Å². The third-order valence-corrected chi connectivity index (χ3v) is 4.00. The summed E-state index contributed by atoms with van der Waals surface area (Å²) in [6.45, 7) is 8.14. The van der Waals surface area contributed by atoms with Crippen LogP contribution in [0.4, 0.5) is 0 Å². The Kier molecular flexibility index (Phi) is 3.96. The van der Waals surface area contributed by atoms with Gasteiger partial charge in [-0.3, -0.25) is 0 Å². The minimum absolute atomic E-state index is 0.175. The molecule has 2 N–H and O–H groups in total. The van der Waals surface area contributed by atoms with Gasteiger partial charge in [-0.05, 0) is 31.2 Å². The maximum absolute atomic E-state index is 9.20. The van der Waals surface area contributed by atoms with E-state index in [2.05, 4.69) is 26.1 Å². The molecule has 14 heavy (non-hydrogen) atoms. The Labute approximate surface area is 88.1 Å². The molecule has 1 aliphatic carbocycles. The van der Waals surface area contributed by atoms with Gasteiger partial charge in [0, 0.05) is 12.1 Å². The zero-order valence-electron chi connectivity index (χ0n) is 9.90. The Morgan fingerprint density at radius 1 is 1.21 bits per heavy atom. The van der Waals surface area contributed by atoms with E-state index in [-0.39, 0.29) is 5.54 Å². The van der Waals surface area contributed by atoms with Crippen LogP contribution in [-0.4, -0.2) is 23.8 Å². The fraction of sp³-hybridized carbons (Fsp3) is 1.00. The fourth-order valence-electron chi connectivity index (χ4n) is 2.98. The molecular weight excluding hydrogens is 174 g/mol. The van der Waals surface area contributed by atoms with Crippen molar-refractivity contribution in [2.75, 3.05) is 13.2 Å². The van der Waals surface area contributed by atoms with Gasteiger partial charge in [-0.15, -0.1) is 0 Å². The van der Waals surface area contributed by atoms with Gasteiger partial charge in [0.2, 0.25) is 0 Å². The van der Waals surface area contributed by atoms with Crippen LogP contribution in [0.5, 0.6) is 0 Å². The summed E-state index contributed by atoms with van der Waals surface area (Å²) < 4.78 is 0. The summed E-state index contributed by atoms with van der Waals surface area (Å²) in [6.07, 6.45) is 6.03. The molecule has 2 nitrogen and oxygen atoms in total. The predicted octanol–water partition coefficient (Wildman–Crippen LogP) is 2.32. The van der Waals surface area contributed by atoms with Crippen LogP contribution in [0.3, 0.4) is 0 Å². The summed E-state index contributed by atoms with van der Waals surface area (Å²) in [5.74, 6) is 0. The molecule has 0 bridgehead atoms. The lowest BCUT2D eigenvalue weighted by molar-refractivity contribution is 0.0399. The zero-order valence-corrected chi connectivity index (χ0v) is 9.90. The number of aliphatic hydroxyl groups is 1. The predicted molar refractivity (Wildman–Crippen MR) is 60.4 cm³/mol. The topological polar surface area (TPSA) is 32.3 Å². The van der Waals surface area contributed by atoms with E-state index >= 15 is 0 Å². The molecule has 0 saturated heterocycles. The average Bonchev–Trinajstić information content (AvgIpc) is 2.11. The van der Waals surface area contributed by atoms with Crippen molar-refractivity contribution in [3.05, 3.63) is 0 Å². The Hall–Kier alpha value is -0.0800. The van der Waals surface area contributed by atoms with Crippen LogP contribution in [0, 0.1) is 5.41 Å². The molecule has 0 aromatic heterocycles. The van der Waals surface area contributed by atoms with Crippen molar-refractivity contribution < 1.29 is 5.11 Å². The molecule has 1 saturated carbocycles. The molecule has 1 atom stereocenters. The van der Waals surface area contributed by atoms with Gasteiger partial charge in [-0.1, -0.05) is 33.6 Å². The van der Waals surface area contributed by atoms with Crippen LogP contribution in [0.25, 0.3) is 0 Å². The second-order valence-corrected chi connectivity index (χ2v) is 5.18. The highest BCUT2D eigenvalue weighted by molar-refractivity contribution is 5.02. The first kappa shape index (κ1) is 12.0. The molecule has 84 valence electrons. The Morgan fingerprint density at radius 2 is 1.86 bits per heavy atom. The average molecular weight is 199 g/mol. The summed E-state index contributed by atoms with van der Waals surface area (Å²) in [6, 6.07) is 0. The van der Waals surface area contributed by atoms with Crippen LogP contribution in [0.15, 0.2) is 0 Å². The van der Waals surface area contributed by atoms with Crippen LogP contribution < -0.4 is 5.32 Å². The second kappa shape index (κ2) is 4.63. The van der Waals surface area contributed by atoms with E-state index in [0.717, 1.165) is 13.0 Å². The summed E-state index contributed by atoms with van der Waals surface area (Å²) in [7, 11) is 0. The third-order valence-electron chi connectivity index (χ3n) is 4.00. The lowest BCUT2D eigenvalue weighted by atomic mass is 9.62. The van der Waals surface area contributed by atoms with Gasteiger partial charge in [0.1, 0.15) is 0 Å². The van der Waals surface area contributed by atoms with Crippen LogP contribution >= 0.6 is 0 Å². The van der Waals surface area contributed by atoms with Gasteiger partial charge in [0.25, 0.3) is 0 Å². The Morgan fingerprint density at radius 3 is 2.36 bits per heavy atom. The Bertz CT molecular complexity index is 166. The van der Waals surface area contributed by atoms with E-state index in [9.17, 15) is 5.11 Å². The van der Waals surface area contributed by atoms with Crippen LogP contribution in [0.1, 0.15) is 52.9 Å². The quantitative estimate of drug-likeness (QED) is 0.728. The van der Waals surface area contributed by atoms with Gasteiger partial charge in [-0.25, -0.2) is 0 Å². The smallest absolute Gasteiger partial charge is 0.0448 e. The number of hydrogen-bond donors (Lipinski definition) is 2. The number of rotatable bonds is 4. The maximum atomic E-state index is 9.20. The first-order chi connectivity index (χ1) is 6.58. The molecule has 1 rings (SSSR count). The van der Waals surface area contributed by atoms with Crippen molar-refractivity contribution in [3.8, 4) is 0 Å². The minimum atomic E-state index is 0.175. The molecule has 0 amide bonds. The van der Waals surface area contributed by atoms with Gasteiger partial charge in [-0.2, -0.15) is 0 Å². The number of nitrogens with one attached hydrogen (secondary N) is 1. The van der Waals surface area contributed by atoms with Gasteiger partial charge in [0.15, 0.2) is 0 Å². The first-order valence-corrected chi connectivity index (χ1v) is 5.94. The maximum Gasteiger partial charge on any atom is 0.0448 e. The normalized spacial score (nSPS) is 31.7. The Balaban J connectivity index is 2.80. The van der Waals surface area contributed by atoms with Crippen molar-refractivity contribution in [2.24, 2.45) is 5.41 Å². The SMILES string of the molecule is CCNC1(CCO)CCCCC1(C)C. The minimum Gasteiger partial charge on any atom is -0.396 e. The monoisotopic (exact) mass is 199 g/mol. The third kappa shape index (κ3) is 2.12. The van der Waals surface area contributed by atoms with Crippen molar-refractivity contribution >= 4 is 0 Å². The largest absolute Gasteiger partial charge is 0.396 e. The van der Waals surface area contributed by atoms with E-state index in [0.29, 0.717) is 12.0 Å². The number of hydrogen-bond acceptors (Lipinski definition) is 2. The van der Waals surface area contributed by atoms with Gasteiger partial charge < -0.3 is 10.4 Å². The van der Waals surface area contributed by atoms with Gasteiger partial charge >= 0.3 is 0 Å². The highest BCUT2D eigenvalue weighted by Gasteiger charge is 2.45. The zero-order chi connectivity index (χ0) is 10.7.